The van der Waals surface area contributed by atoms with Crippen molar-refractivity contribution in [3.63, 3.8) is 0 Å². The van der Waals surface area contributed by atoms with E-state index in [-0.39, 0.29) is 5.41 Å². The van der Waals surface area contributed by atoms with Gasteiger partial charge in [-0.05, 0) is 57.2 Å². The summed E-state index contributed by atoms with van der Waals surface area (Å²) in [5.74, 6) is 0. The maximum Gasteiger partial charge on any atom is 0.0683 e. The van der Waals surface area contributed by atoms with Crippen LogP contribution in [0, 0.1) is 23.7 Å². The van der Waals surface area contributed by atoms with Gasteiger partial charge in [-0.2, -0.15) is 5.26 Å². The zero-order valence-electron chi connectivity index (χ0n) is 11.0. The van der Waals surface area contributed by atoms with Gasteiger partial charge in [-0.25, -0.2) is 0 Å². The fourth-order valence-corrected chi connectivity index (χ4v) is 2.54. The predicted octanol–water partition coefficient (Wildman–Crippen LogP) is 3.87. The highest BCUT2D eigenvalue weighted by atomic mass is 32.1. The maximum atomic E-state index is 8.89. The number of nitrogens with zero attached hydrogens (tertiary/aromatic N) is 1. The standard InChI is InChI=1S/C14H22N2S/c1-12-6-9-17-13(12)10-16-8-5-4-7-14(2,3)11-15/h6,9,16H,4-5,7-8,10H2,1-3H3. The van der Waals surface area contributed by atoms with Crippen molar-refractivity contribution in [2.45, 2.75) is 46.6 Å². The summed E-state index contributed by atoms with van der Waals surface area (Å²) in [5, 5.41) is 14.5. The van der Waals surface area contributed by atoms with Gasteiger partial charge in [-0.3, -0.25) is 0 Å². The first-order chi connectivity index (χ1) is 8.05. The molecule has 0 aromatic carbocycles. The second-order valence-electron chi connectivity index (χ2n) is 5.16. The van der Waals surface area contributed by atoms with E-state index in [1.807, 2.05) is 25.2 Å². The van der Waals surface area contributed by atoms with Gasteiger partial charge in [-0.1, -0.05) is 6.42 Å². The molecule has 1 N–H and O–H groups in total. The minimum Gasteiger partial charge on any atom is -0.312 e. The monoisotopic (exact) mass is 250 g/mol. The molecule has 0 aliphatic carbocycles. The fraction of sp³-hybridized carbons (Fsp3) is 0.643. The number of hydrogen-bond donors (Lipinski definition) is 1. The van der Waals surface area contributed by atoms with Gasteiger partial charge in [0.2, 0.25) is 0 Å². The van der Waals surface area contributed by atoms with Crippen molar-refractivity contribution in [2.24, 2.45) is 5.41 Å². The Balaban J connectivity index is 2.06. The number of rotatable bonds is 7. The number of aryl methyl sites for hydroxylation is 1. The van der Waals surface area contributed by atoms with E-state index >= 15 is 0 Å². The summed E-state index contributed by atoms with van der Waals surface area (Å²) in [6, 6.07) is 4.51. The molecule has 0 atom stereocenters. The number of nitrogens with one attached hydrogen (secondary N) is 1. The summed E-state index contributed by atoms with van der Waals surface area (Å²) in [4.78, 5) is 1.43. The van der Waals surface area contributed by atoms with Crippen LogP contribution >= 0.6 is 11.3 Å². The smallest absolute Gasteiger partial charge is 0.0683 e. The summed E-state index contributed by atoms with van der Waals surface area (Å²) in [6.45, 7) is 8.19. The summed E-state index contributed by atoms with van der Waals surface area (Å²) < 4.78 is 0. The Morgan fingerprint density at radius 3 is 2.76 bits per heavy atom. The molecule has 0 amide bonds. The summed E-state index contributed by atoms with van der Waals surface area (Å²) >= 11 is 1.82. The molecule has 1 heterocycles. The molecule has 0 unspecified atom stereocenters. The minimum absolute atomic E-state index is 0.162. The van der Waals surface area contributed by atoms with Crippen molar-refractivity contribution in [3.8, 4) is 6.07 Å². The predicted molar refractivity (Wildman–Crippen MR) is 74.0 cm³/mol. The third kappa shape index (κ3) is 5.34. The lowest BCUT2D eigenvalue weighted by Crippen LogP contribution is -2.15. The molecular formula is C14H22N2S. The molecule has 0 aliphatic heterocycles. The van der Waals surface area contributed by atoms with E-state index in [2.05, 4.69) is 29.8 Å². The van der Waals surface area contributed by atoms with Gasteiger partial charge in [0.1, 0.15) is 0 Å². The normalized spacial score (nSPS) is 11.4. The van der Waals surface area contributed by atoms with Gasteiger partial charge >= 0.3 is 0 Å². The van der Waals surface area contributed by atoms with Crippen molar-refractivity contribution in [1.29, 1.82) is 5.26 Å². The van der Waals surface area contributed by atoms with E-state index in [1.165, 1.54) is 10.4 Å². The zero-order chi connectivity index (χ0) is 12.7. The number of nitriles is 1. The highest BCUT2D eigenvalue weighted by molar-refractivity contribution is 7.10. The van der Waals surface area contributed by atoms with E-state index in [9.17, 15) is 0 Å². The lowest BCUT2D eigenvalue weighted by molar-refractivity contribution is 0.422. The first kappa shape index (κ1) is 14.2. The summed E-state index contributed by atoms with van der Waals surface area (Å²) in [5.41, 5.74) is 1.22. The molecule has 0 radical (unpaired) electrons. The molecule has 0 aliphatic rings. The molecule has 2 nitrogen and oxygen atoms in total. The Kier molecular flexibility index (Phi) is 5.67. The Bertz CT molecular complexity index is 374. The average molecular weight is 250 g/mol. The van der Waals surface area contributed by atoms with Gasteiger partial charge in [0, 0.05) is 11.4 Å². The molecule has 1 rings (SSSR count). The topological polar surface area (TPSA) is 35.8 Å². The first-order valence-corrected chi connectivity index (χ1v) is 7.08. The fourth-order valence-electron chi connectivity index (χ4n) is 1.66. The van der Waals surface area contributed by atoms with Crippen LogP contribution in [0.25, 0.3) is 0 Å². The highest BCUT2D eigenvalue weighted by Crippen LogP contribution is 2.21. The Labute approximate surface area is 109 Å². The molecule has 0 spiro atoms. The number of unbranched alkanes of at least 4 members (excludes halogenated alkanes) is 1. The highest BCUT2D eigenvalue weighted by Gasteiger charge is 2.15. The van der Waals surface area contributed by atoms with Gasteiger partial charge < -0.3 is 5.32 Å². The van der Waals surface area contributed by atoms with Gasteiger partial charge in [0.15, 0.2) is 0 Å². The molecule has 1 aromatic heterocycles. The number of thiophene rings is 1. The van der Waals surface area contributed by atoms with Crippen LogP contribution < -0.4 is 5.32 Å². The van der Waals surface area contributed by atoms with Crippen LogP contribution in [0.15, 0.2) is 11.4 Å². The average Bonchev–Trinajstić information content (AvgIpc) is 2.69. The minimum atomic E-state index is -0.162. The van der Waals surface area contributed by atoms with Crippen LogP contribution in [0.2, 0.25) is 0 Å². The van der Waals surface area contributed by atoms with Crippen molar-refractivity contribution >= 4 is 11.3 Å². The van der Waals surface area contributed by atoms with E-state index in [0.29, 0.717) is 0 Å². The molecule has 1 aromatic rings. The van der Waals surface area contributed by atoms with Gasteiger partial charge in [-0.15, -0.1) is 11.3 Å². The van der Waals surface area contributed by atoms with Crippen molar-refractivity contribution in [3.05, 3.63) is 21.9 Å². The molecular weight excluding hydrogens is 228 g/mol. The third-order valence-corrected chi connectivity index (χ3v) is 3.98. The SMILES string of the molecule is Cc1ccsc1CNCCCCC(C)(C)C#N. The third-order valence-electron chi connectivity index (χ3n) is 2.96. The summed E-state index contributed by atoms with van der Waals surface area (Å²) in [6.07, 6.45) is 3.26. The van der Waals surface area contributed by atoms with Crippen LogP contribution in [0.4, 0.5) is 0 Å². The maximum absolute atomic E-state index is 8.89. The molecule has 3 heteroatoms. The Hall–Kier alpha value is -0.850. The lowest BCUT2D eigenvalue weighted by Gasteiger charge is -2.14. The van der Waals surface area contributed by atoms with Gasteiger partial charge in [0.25, 0.3) is 0 Å². The molecule has 17 heavy (non-hydrogen) atoms. The molecule has 0 saturated carbocycles. The molecule has 0 bridgehead atoms. The Morgan fingerprint density at radius 2 is 2.18 bits per heavy atom. The van der Waals surface area contributed by atoms with Crippen molar-refractivity contribution in [1.82, 2.24) is 5.32 Å². The van der Waals surface area contributed by atoms with E-state index in [4.69, 9.17) is 5.26 Å². The van der Waals surface area contributed by atoms with E-state index in [1.54, 1.807) is 0 Å². The molecule has 0 saturated heterocycles. The second-order valence-corrected chi connectivity index (χ2v) is 6.16. The van der Waals surface area contributed by atoms with Crippen molar-refractivity contribution in [2.75, 3.05) is 6.54 Å². The van der Waals surface area contributed by atoms with Crippen molar-refractivity contribution < 1.29 is 0 Å². The first-order valence-electron chi connectivity index (χ1n) is 6.20. The van der Waals surface area contributed by atoms with Crippen LogP contribution in [-0.2, 0) is 6.54 Å². The summed E-state index contributed by atoms with van der Waals surface area (Å²) in [7, 11) is 0. The largest absolute Gasteiger partial charge is 0.312 e. The lowest BCUT2D eigenvalue weighted by atomic mass is 9.89. The van der Waals surface area contributed by atoms with Crippen LogP contribution in [-0.4, -0.2) is 6.54 Å². The van der Waals surface area contributed by atoms with E-state index < -0.39 is 0 Å². The molecule has 0 fully saturated rings. The Morgan fingerprint density at radius 1 is 1.41 bits per heavy atom. The van der Waals surface area contributed by atoms with Gasteiger partial charge in [0.05, 0.1) is 11.5 Å². The zero-order valence-corrected chi connectivity index (χ0v) is 11.9. The van der Waals surface area contributed by atoms with Crippen LogP contribution in [0.1, 0.15) is 43.6 Å². The number of hydrogen-bond acceptors (Lipinski definition) is 3. The van der Waals surface area contributed by atoms with Crippen LogP contribution in [0.5, 0.6) is 0 Å². The second kappa shape index (κ2) is 6.78. The van der Waals surface area contributed by atoms with E-state index in [0.717, 1.165) is 32.4 Å². The molecule has 94 valence electrons. The van der Waals surface area contributed by atoms with Crippen LogP contribution in [0.3, 0.4) is 0 Å². The quantitative estimate of drug-likeness (QED) is 0.746.